The van der Waals surface area contributed by atoms with Gasteiger partial charge in [0.2, 0.25) is 10.0 Å². The first-order valence-corrected chi connectivity index (χ1v) is 5.92. The Balaban J connectivity index is 2.58. The second-order valence-corrected chi connectivity index (χ2v) is 5.51. The van der Waals surface area contributed by atoms with Crippen molar-refractivity contribution in [3.63, 3.8) is 0 Å². The number of sulfonamides is 1. The third-order valence-electron chi connectivity index (χ3n) is 1.95. The summed E-state index contributed by atoms with van der Waals surface area (Å²) in [4.78, 5) is 3.87. The van der Waals surface area contributed by atoms with Crippen molar-refractivity contribution in [3.8, 4) is 0 Å². The third kappa shape index (κ3) is 3.08. The highest BCUT2D eigenvalue weighted by molar-refractivity contribution is 7.89. The third-order valence-corrected chi connectivity index (χ3v) is 3.79. The van der Waals surface area contributed by atoms with Crippen LogP contribution in [-0.4, -0.2) is 37.6 Å². The number of rotatable bonds is 4. The van der Waals surface area contributed by atoms with Gasteiger partial charge in [-0.2, -0.15) is 0 Å². The topological polar surface area (TPSA) is 50.3 Å². The molecule has 0 bridgehead atoms. The van der Waals surface area contributed by atoms with Crippen molar-refractivity contribution in [1.29, 1.82) is 0 Å². The van der Waals surface area contributed by atoms with E-state index in [9.17, 15) is 8.42 Å². The Morgan fingerprint density at radius 1 is 1.29 bits per heavy atom. The van der Waals surface area contributed by atoms with Crippen LogP contribution in [0, 0.1) is 0 Å². The average Bonchev–Trinajstić information content (AvgIpc) is 2.16. The first-order chi connectivity index (χ1) is 6.52. The fourth-order valence-corrected chi connectivity index (χ4v) is 1.84. The van der Waals surface area contributed by atoms with Crippen LogP contribution in [0.4, 0.5) is 0 Å². The van der Waals surface area contributed by atoms with Crippen LogP contribution in [-0.2, 0) is 16.4 Å². The minimum Gasteiger partial charge on any atom is -0.265 e. The van der Waals surface area contributed by atoms with Gasteiger partial charge >= 0.3 is 0 Å². The van der Waals surface area contributed by atoms with Crippen molar-refractivity contribution in [2.24, 2.45) is 0 Å². The molecule has 0 radical (unpaired) electrons. The minimum absolute atomic E-state index is 0.143. The number of hydrogen-bond acceptors (Lipinski definition) is 3. The summed E-state index contributed by atoms with van der Waals surface area (Å²) >= 11 is 0. The lowest BCUT2D eigenvalue weighted by atomic mass is 10.2. The van der Waals surface area contributed by atoms with Gasteiger partial charge in [-0.15, -0.1) is 0 Å². The van der Waals surface area contributed by atoms with Gasteiger partial charge in [0.15, 0.2) is 0 Å². The van der Waals surface area contributed by atoms with E-state index in [2.05, 4.69) is 4.98 Å². The highest BCUT2D eigenvalue weighted by Gasteiger charge is 2.12. The molecule has 0 amide bonds. The van der Waals surface area contributed by atoms with Crippen molar-refractivity contribution in [2.45, 2.75) is 6.42 Å². The maximum absolute atomic E-state index is 11.4. The lowest BCUT2D eigenvalue weighted by Crippen LogP contribution is -2.25. The minimum atomic E-state index is -3.08. The van der Waals surface area contributed by atoms with Crippen molar-refractivity contribution >= 4 is 10.0 Å². The first-order valence-electron chi connectivity index (χ1n) is 4.31. The Morgan fingerprint density at radius 3 is 2.36 bits per heavy atom. The van der Waals surface area contributed by atoms with Crippen LogP contribution in [0.2, 0.25) is 0 Å². The molecule has 0 saturated heterocycles. The van der Waals surface area contributed by atoms with Gasteiger partial charge in [-0.25, -0.2) is 12.7 Å². The quantitative estimate of drug-likeness (QED) is 0.734. The standard InChI is InChI=1S/C9H14N2O2S/c1-11(2)14(12,13)8-5-9-3-6-10-7-4-9/h3-4,6-7H,5,8H2,1-2H3. The van der Waals surface area contributed by atoms with E-state index in [1.807, 2.05) is 12.1 Å². The molecule has 0 unspecified atom stereocenters. The molecule has 4 nitrogen and oxygen atoms in total. The number of nitrogens with zero attached hydrogens (tertiary/aromatic N) is 2. The number of hydrogen-bond donors (Lipinski definition) is 0. The number of aryl methyl sites for hydroxylation is 1. The molecule has 14 heavy (non-hydrogen) atoms. The van der Waals surface area contributed by atoms with Gasteiger partial charge in [0.1, 0.15) is 0 Å². The van der Waals surface area contributed by atoms with Gasteiger partial charge in [-0.3, -0.25) is 4.98 Å². The molecule has 0 spiro atoms. The molecule has 1 rings (SSSR count). The van der Waals surface area contributed by atoms with Gasteiger partial charge in [-0.1, -0.05) is 0 Å². The summed E-state index contributed by atoms with van der Waals surface area (Å²) in [6.07, 6.45) is 3.86. The van der Waals surface area contributed by atoms with Crippen LogP contribution in [0.15, 0.2) is 24.5 Å². The SMILES string of the molecule is CN(C)S(=O)(=O)CCc1ccncc1. The van der Waals surface area contributed by atoms with E-state index < -0.39 is 10.0 Å². The summed E-state index contributed by atoms with van der Waals surface area (Å²) < 4.78 is 24.1. The van der Waals surface area contributed by atoms with Crippen LogP contribution in [0.25, 0.3) is 0 Å². The van der Waals surface area contributed by atoms with E-state index in [1.54, 1.807) is 26.5 Å². The van der Waals surface area contributed by atoms with Crippen molar-refractivity contribution in [1.82, 2.24) is 9.29 Å². The lowest BCUT2D eigenvalue weighted by molar-refractivity contribution is 0.520. The zero-order valence-electron chi connectivity index (χ0n) is 8.34. The molecule has 0 atom stereocenters. The zero-order chi connectivity index (χ0) is 10.6. The molecule has 1 heterocycles. The monoisotopic (exact) mass is 214 g/mol. The van der Waals surface area contributed by atoms with Gasteiger partial charge in [0.25, 0.3) is 0 Å². The highest BCUT2D eigenvalue weighted by Crippen LogP contribution is 2.02. The summed E-state index contributed by atoms with van der Waals surface area (Å²) in [6, 6.07) is 3.65. The lowest BCUT2D eigenvalue weighted by Gasteiger charge is -2.10. The maximum Gasteiger partial charge on any atom is 0.213 e. The predicted octanol–water partition coefficient (Wildman–Crippen LogP) is 0.515. The van der Waals surface area contributed by atoms with Gasteiger partial charge in [0, 0.05) is 26.5 Å². The van der Waals surface area contributed by atoms with Crippen molar-refractivity contribution in [3.05, 3.63) is 30.1 Å². The Labute approximate surface area is 84.6 Å². The molecule has 0 aromatic carbocycles. The molecule has 1 aromatic heterocycles. The largest absolute Gasteiger partial charge is 0.265 e. The summed E-state index contributed by atoms with van der Waals surface area (Å²) in [6.45, 7) is 0. The molecule has 0 N–H and O–H groups in total. The molecule has 0 aliphatic rings. The Hall–Kier alpha value is -0.940. The van der Waals surface area contributed by atoms with Crippen molar-refractivity contribution in [2.75, 3.05) is 19.8 Å². The molecule has 0 saturated carbocycles. The van der Waals surface area contributed by atoms with E-state index in [0.29, 0.717) is 6.42 Å². The normalized spacial score (nSPS) is 11.9. The predicted molar refractivity (Wildman–Crippen MR) is 55.4 cm³/mol. The van der Waals surface area contributed by atoms with Gasteiger partial charge in [-0.05, 0) is 24.1 Å². The van der Waals surface area contributed by atoms with Crippen LogP contribution in [0.5, 0.6) is 0 Å². The molecule has 0 aliphatic heterocycles. The van der Waals surface area contributed by atoms with E-state index >= 15 is 0 Å². The summed E-state index contributed by atoms with van der Waals surface area (Å²) in [7, 11) is 0.00360. The van der Waals surface area contributed by atoms with Gasteiger partial charge < -0.3 is 0 Å². The van der Waals surface area contributed by atoms with E-state index in [-0.39, 0.29) is 5.75 Å². The Bertz CT molecular complexity index is 373. The second-order valence-electron chi connectivity index (χ2n) is 3.20. The van der Waals surface area contributed by atoms with E-state index in [4.69, 9.17) is 0 Å². The van der Waals surface area contributed by atoms with Crippen LogP contribution in [0.1, 0.15) is 5.56 Å². The average molecular weight is 214 g/mol. The second kappa shape index (κ2) is 4.52. The Morgan fingerprint density at radius 2 is 1.86 bits per heavy atom. The molecule has 5 heteroatoms. The molecule has 78 valence electrons. The van der Waals surface area contributed by atoms with E-state index in [0.717, 1.165) is 5.56 Å². The fraction of sp³-hybridized carbons (Fsp3) is 0.444. The summed E-state index contributed by atoms with van der Waals surface area (Å²) in [5, 5.41) is 0. The molecule has 1 aromatic rings. The number of aromatic nitrogens is 1. The smallest absolute Gasteiger partial charge is 0.213 e. The fourth-order valence-electron chi connectivity index (χ4n) is 0.979. The summed E-state index contributed by atoms with van der Waals surface area (Å²) in [5.41, 5.74) is 0.991. The highest BCUT2D eigenvalue weighted by atomic mass is 32.2. The molecular formula is C9H14N2O2S. The molecular weight excluding hydrogens is 200 g/mol. The summed E-state index contributed by atoms with van der Waals surface area (Å²) in [5.74, 6) is 0.143. The Kier molecular flexibility index (Phi) is 3.60. The first kappa shape index (κ1) is 11.1. The van der Waals surface area contributed by atoms with Crippen LogP contribution in [0.3, 0.4) is 0 Å². The zero-order valence-corrected chi connectivity index (χ0v) is 9.16. The maximum atomic E-state index is 11.4. The van der Waals surface area contributed by atoms with Gasteiger partial charge in [0.05, 0.1) is 5.75 Å². The van der Waals surface area contributed by atoms with Crippen LogP contribution < -0.4 is 0 Å². The molecule has 0 aliphatic carbocycles. The number of pyridine rings is 1. The molecule has 0 fully saturated rings. The van der Waals surface area contributed by atoms with Crippen LogP contribution >= 0.6 is 0 Å². The van der Waals surface area contributed by atoms with Crippen molar-refractivity contribution < 1.29 is 8.42 Å². The van der Waals surface area contributed by atoms with E-state index in [1.165, 1.54) is 4.31 Å².